The molecule has 0 bridgehead atoms. The number of carbonyl (C=O) groups is 1. The Hall–Kier alpha value is -1.59. The summed E-state index contributed by atoms with van der Waals surface area (Å²) in [6, 6.07) is 8.21. The molecule has 1 amide bonds. The summed E-state index contributed by atoms with van der Waals surface area (Å²) in [5.41, 5.74) is -0.251. The molecule has 5 heteroatoms. The van der Waals surface area contributed by atoms with Gasteiger partial charge < -0.3 is 20.1 Å². The highest BCUT2D eigenvalue weighted by Crippen LogP contribution is 2.26. The minimum Gasteiger partial charge on any atom is -0.497 e. The molecule has 1 aromatic rings. The first-order valence-electron chi connectivity index (χ1n) is 10.5. The Bertz CT molecular complexity index is 613. The van der Waals surface area contributed by atoms with Gasteiger partial charge in [0.25, 0.3) is 5.91 Å². The maximum absolute atomic E-state index is 13.0. The second-order valence-corrected chi connectivity index (χ2v) is 8.14. The largest absolute Gasteiger partial charge is 0.497 e. The van der Waals surface area contributed by atoms with Gasteiger partial charge in [0.2, 0.25) is 0 Å². The van der Waals surface area contributed by atoms with Gasteiger partial charge in [-0.05, 0) is 43.4 Å². The van der Waals surface area contributed by atoms with E-state index in [2.05, 4.69) is 5.32 Å². The normalized spacial score (nSPS) is 25.1. The van der Waals surface area contributed by atoms with Gasteiger partial charge in [0.05, 0.1) is 7.11 Å². The molecule has 1 saturated carbocycles. The minimum atomic E-state index is -1.28. The zero-order chi connectivity index (χ0) is 19.1. The van der Waals surface area contributed by atoms with Crippen LogP contribution in [0, 0.1) is 0 Å². The van der Waals surface area contributed by atoms with Gasteiger partial charge in [0.1, 0.15) is 5.75 Å². The van der Waals surface area contributed by atoms with Crippen LogP contribution in [0.5, 0.6) is 5.75 Å². The first-order chi connectivity index (χ1) is 13.1. The molecule has 1 aliphatic heterocycles. The maximum atomic E-state index is 13.0. The molecule has 2 fully saturated rings. The molecule has 2 N–H and O–H groups in total. The number of amides is 1. The van der Waals surface area contributed by atoms with Crippen molar-refractivity contribution in [1.82, 2.24) is 10.2 Å². The molecule has 0 radical (unpaired) electrons. The van der Waals surface area contributed by atoms with Crippen molar-refractivity contribution >= 4 is 5.91 Å². The zero-order valence-corrected chi connectivity index (χ0v) is 16.6. The number of hydrogen-bond donors (Lipinski definition) is 2. The van der Waals surface area contributed by atoms with Crippen LogP contribution in [0.1, 0.15) is 63.4 Å². The van der Waals surface area contributed by atoms with E-state index in [1.165, 1.54) is 32.1 Å². The summed E-state index contributed by atoms with van der Waals surface area (Å²) in [5.74, 6) is 0.646. The van der Waals surface area contributed by atoms with Crippen LogP contribution in [0.2, 0.25) is 0 Å². The molecule has 1 aliphatic carbocycles. The van der Waals surface area contributed by atoms with E-state index >= 15 is 0 Å². The number of methoxy groups -OCH3 is 1. The zero-order valence-electron chi connectivity index (χ0n) is 16.6. The van der Waals surface area contributed by atoms with Crippen molar-refractivity contribution in [3.63, 3.8) is 0 Å². The molecular formula is C22H34N2O3. The Morgan fingerprint density at radius 1 is 1.19 bits per heavy atom. The third-order valence-electron chi connectivity index (χ3n) is 6.00. The summed E-state index contributed by atoms with van der Waals surface area (Å²) < 4.78 is 5.27. The highest BCUT2D eigenvalue weighted by Gasteiger charge is 2.42. The summed E-state index contributed by atoms with van der Waals surface area (Å²) in [7, 11) is 1.64. The minimum absolute atomic E-state index is 0.144. The number of piperidine rings is 1. The lowest BCUT2D eigenvalue weighted by Crippen LogP contribution is -2.58. The quantitative estimate of drug-likeness (QED) is 0.802. The Morgan fingerprint density at radius 3 is 2.67 bits per heavy atom. The highest BCUT2D eigenvalue weighted by atomic mass is 16.5. The van der Waals surface area contributed by atoms with E-state index in [4.69, 9.17) is 4.74 Å². The summed E-state index contributed by atoms with van der Waals surface area (Å²) in [4.78, 5) is 14.8. The topological polar surface area (TPSA) is 61.8 Å². The SMILES string of the molecule is COc1cccc(CN2CCC[C@@](O)(CNC3CCCCCCC3)C2=O)c1. The van der Waals surface area contributed by atoms with Gasteiger partial charge >= 0.3 is 0 Å². The van der Waals surface area contributed by atoms with E-state index in [-0.39, 0.29) is 5.91 Å². The molecule has 0 unspecified atom stereocenters. The van der Waals surface area contributed by atoms with Crippen molar-refractivity contribution in [3.05, 3.63) is 29.8 Å². The predicted octanol–water partition coefficient (Wildman–Crippen LogP) is 3.25. The highest BCUT2D eigenvalue weighted by molar-refractivity contribution is 5.86. The average molecular weight is 375 g/mol. The van der Waals surface area contributed by atoms with E-state index in [0.717, 1.165) is 30.6 Å². The third-order valence-corrected chi connectivity index (χ3v) is 6.00. The van der Waals surface area contributed by atoms with Crippen molar-refractivity contribution < 1.29 is 14.6 Å². The predicted molar refractivity (Wildman–Crippen MR) is 107 cm³/mol. The number of ether oxygens (including phenoxy) is 1. The van der Waals surface area contributed by atoms with Gasteiger partial charge in [-0.15, -0.1) is 0 Å². The summed E-state index contributed by atoms with van der Waals surface area (Å²) in [6.07, 6.45) is 10.1. The standard InChI is InChI=1S/C22H34N2O3/c1-27-20-12-7-9-18(15-20)16-24-14-8-13-22(26,21(24)25)17-23-19-10-5-3-2-4-6-11-19/h7,9,12,15,19,23,26H,2-6,8,10-11,13-14,16-17H2,1H3/t22-/m1/s1. The molecule has 1 saturated heterocycles. The van der Waals surface area contributed by atoms with Crippen LogP contribution in [-0.2, 0) is 11.3 Å². The fourth-order valence-electron chi connectivity index (χ4n) is 4.34. The van der Waals surface area contributed by atoms with Gasteiger partial charge in [-0.3, -0.25) is 4.79 Å². The average Bonchev–Trinajstić information content (AvgIpc) is 2.65. The van der Waals surface area contributed by atoms with Gasteiger partial charge in [-0.25, -0.2) is 0 Å². The van der Waals surface area contributed by atoms with E-state index in [0.29, 0.717) is 32.1 Å². The lowest BCUT2D eigenvalue weighted by molar-refractivity contribution is -0.157. The Balaban J connectivity index is 1.58. The van der Waals surface area contributed by atoms with Gasteiger partial charge in [0.15, 0.2) is 5.60 Å². The first-order valence-corrected chi connectivity index (χ1v) is 10.5. The van der Waals surface area contributed by atoms with Gasteiger partial charge in [-0.2, -0.15) is 0 Å². The lowest BCUT2D eigenvalue weighted by atomic mass is 9.90. The molecule has 0 aromatic heterocycles. The Morgan fingerprint density at radius 2 is 1.93 bits per heavy atom. The molecule has 3 rings (SSSR count). The molecular weight excluding hydrogens is 340 g/mol. The smallest absolute Gasteiger partial charge is 0.256 e. The van der Waals surface area contributed by atoms with E-state index in [1.807, 2.05) is 24.3 Å². The molecule has 150 valence electrons. The molecule has 2 aliphatic rings. The lowest BCUT2D eigenvalue weighted by Gasteiger charge is -2.39. The van der Waals surface area contributed by atoms with Crippen molar-refractivity contribution in [2.24, 2.45) is 0 Å². The number of aliphatic hydroxyl groups is 1. The fraction of sp³-hybridized carbons (Fsp3) is 0.682. The number of nitrogens with zero attached hydrogens (tertiary/aromatic N) is 1. The van der Waals surface area contributed by atoms with Gasteiger partial charge in [-0.1, -0.05) is 44.2 Å². The molecule has 0 spiro atoms. The van der Waals surface area contributed by atoms with Crippen LogP contribution in [0.25, 0.3) is 0 Å². The number of nitrogens with one attached hydrogen (secondary N) is 1. The van der Waals surface area contributed by atoms with Crippen molar-refractivity contribution in [3.8, 4) is 5.75 Å². The second kappa shape index (κ2) is 9.56. The molecule has 1 aromatic carbocycles. The van der Waals surface area contributed by atoms with E-state index < -0.39 is 5.60 Å². The number of carbonyl (C=O) groups excluding carboxylic acids is 1. The molecule has 1 heterocycles. The Labute approximate surface area is 163 Å². The molecule has 1 atom stereocenters. The van der Waals surface area contributed by atoms with Crippen molar-refractivity contribution in [2.45, 2.75) is 76.0 Å². The third kappa shape index (κ3) is 5.45. The maximum Gasteiger partial charge on any atom is 0.256 e. The summed E-state index contributed by atoms with van der Waals surface area (Å²) in [6.45, 7) is 1.58. The first kappa shape index (κ1) is 20.2. The number of benzene rings is 1. The summed E-state index contributed by atoms with van der Waals surface area (Å²) >= 11 is 0. The van der Waals surface area contributed by atoms with Crippen LogP contribution in [-0.4, -0.2) is 47.8 Å². The number of hydrogen-bond acceptors (Lipinski definition) is 4. The molecule has 27 heavy (non-hydrogen) atoms. The van der Waals surface area contributed by atoms with E-state index in [1.54, 1.807) is 12.0 Å². The van der Waals surface area contributed by atoms with Crippen molar-refractivity contribution in [2.75, 3.05) is 20.2 Å². The number of likely N-dealkylation sites (tertiary alicyclic amines) is 1. The Kier molecular flexibility index (Phi) is 7.13. The second-order valence-electron chi connectivity index (χ2n) is 8.14. The van der Waals surface area contributed by atoms with E-state index in [9.17, 15) is 9.90 Å². The number of rotatable bonds is 6. The van der Waals surface area contributed by atoms with Crippen LogP contribution in [0.15, 0.2) is 24.3 Å². The van der Waals surface area contributed by atoms with Crippen LogP contribution in [0.4, 0.5) is 0 Å². The summed E-state index contributed by atoms with van der Waals surface area (Å²) in [5, 5.41) is 14.6. The van der Waals surface area contributed by atoms with Crippen LogP contribution < -0.4 is 10.1 Å². The monoisotopic (exact) mass is 374 g/mol. The molecule has 5 nitrogen and oxygen atoms in total. The van der Waals surface area contributed by atoms with Crippen LogP contribution >= 0.6 is 0 Å². The van der Waals surface area contributed by atoms with Gasteiger partial charge in [0, 0.05) is 25.7 Å². The van der Waals surface area contributed by atoms with Crippen LogP contribution in [0.3, 0.4) is 0 Å². The fourth-order valence-corrected chi connectivity index (χ4v) is 4.34. The van der Waals surface area contributed by atoms with Crippen molar-refractivity contribution in [1.29, 1.82) is 0 Å².